The van der Waals surface area contributed by atoms with Crippen LogP contribution in [0.4, 0.5) is 0 Å². The average molecular weight is 263 g/mol. The largest absolute Gasteiger partial charge is 0.392 e. The van der Waals surface area contributed by atoms with Crippen molar-refractivity contribution >= 4 is 21.6 Å². The van der Waals surface area contributed by atoms with Crippen LogP contribution in [-0.4, -0.2) is 42.0 Å². The van der Waals surface area contributed by atoms with E-state index in [1.807, 2.05) is 0 Å². The molecule has 0 amide bonds. The van der Waals surface area contributed by atoms with Gasteiger partial charge < -0.3 is 5.11 Å². The van der Waals surface area contributed by atoms with Crippen LogP contribution < -0.4 is 0 Å². The molecule has 1 fully saturated rings. The summed E-state index contributed by atoms with van der Waals surface area (Å²) in [6.45, 7) is 0.478. The lowest BCUT2D eigenvalue weighted by Gasteiger charge is -2.15. The molecule has 88 valence electrons. The van der Waals surface area contributed by atoms with Gasteiger partial charge in [-0.3, -0.25) is 0 Å². The number of pyridine rings is 1. The van der Waals surface area contributed by atoms with E-state index in [0.29, 0.717) is 13.0 Å². The van der Waals surface area contributed by atoms with Crippen LogP contribution >= 0.6 is 11.6 Å². The van der Waals surface area contributed by atoms with Crippen molar-refractivity contribution in [2.45, 2.75) is 17.4 Å². The third kappa shape index (κ3) is 2.20. The third-order valence-corrected chi connectivity index (χ3v) is 4.53. The maximum Gasteiger partial charge on any atom is 0.243 e. The van der Waals surface area contributed by atoms with Gasteiger partial charge in [0, 0.05) is 19.3 Å². The fraction of sp³-hybridized carbons (Fsp3) is 0.444. The third-order valence-electron chi connectivity index (χ3n) is 2.46. The molecule has 2 heterocycles. The lowest BCUT2D eigenvalue weighted by atomic mass is 10.3. The number of rotatable bonds is 2. The van der Waals surface area contributed by atoms with Gasteiger partial charge in [-0.2, -0.15) is 4.31 Å². The van der Waals surface area contributed by atoms with Crippen LogP contribution in [0.5, 0.6) is 0 Å². The van der Waals surface area contributed by atoms with Crippen molar-refractivity contribution in [1.29, 1.82) is 0 Å². The van der Waals surface area contributed by atoms with Crippen LogP contribution in [0.3, 0.4) is 0 Å². The Morgan fingerprint density at radius 2 is 2.31 bits per heavy atom. The average Bonchev–Trinajstić information content (AvgIpc) is 2.65. The van der Waals surface area contributed by atoms with E-state index < -0.39 is 16.1 Å². The number of nitrogens with zero attached hydrogens (tertiary/aromatic N) is 2. The Morgan fingerprint density at radius 3 is 2.88 bits per heavy atom. The molecule has 16 heavy (non-hydrogen) atoms. The van der Waals surface area contributed by atoms with E-state index in [0.717, 1.165) is 0 Å². The molecule has 5 nitrogen and oxygen atoms in total. The summed E-state index contributed by atoms with van der Waals surface area (Å²) < 4.78 is 25.4. The monoisotopic (exact) mass is 262 g/mol. The molecule has 0 radical (unpaired) electrons. The summed E-state index contributed by atoms with van der Waals surface area (Å²) in [7, 11) is -3.55. The number of aromatic nitrogens is 1. The number of hydrogen-bond acceptors (Lipinski definition) is 4. The van der Waals surface area contributed by atoms with E-state index in [9.17, 15) is 13.5 Å². The molecule has 0 aromatic carbocycles. The van der Waals surface area contributed by atoms with Crippen LogP contribution in [0.1, 0.15) is 6.42 Å². The summed E-state index contributed by atoms with van der Waals surface area (Å²) in [5.74, 6) is 0. The highest BCUT2D eigenvalue weighted by molar-refractivity contribution is 7.89. The summed E-state index contributed by atoms with van der Waals surface area (Å²) in [6.07, 6.45) is 1.24. The van der Waals surface area contributed by atoms with Crippen molar-refractivity contribution < 1.29 is 13.5 Å². The molecule has 0 bridgehead atoms. The Balaban J connectivity index is 2.32. The topological polar surface area (TPSA) is 70.5 Å². The van der Waals surface area contributed by atoms with Gasteiger partial charge in [0.25, 0.3) is 0 Å². The highest BCUT2D eigenvalue weighted by Gasteiger charge is 2.31. The summed E-state index contributed by atoms with van der Waals surface area (Å²) in [4.78, 5) is 3.84. The quantitative estimate of drug-likeness (QED) is 0.788. The first-order valence-corrected chi connectivity index (χ1v) is 6.62. The van der Waals surface area contributed by atoms with Gasteiger partial charge in [0.15, 0.2) is 0 Å². The highest BCUT2D eigenvalue weighted by Crippen LogP contribution is 2.22. The maximum atomic E-state index is 12.1. The highest BCUT2D eigenvalue weighted by atomic mass is 35.5. The summed E-state index contributed by atoms with van der Waals surface area (Å²) in [6, 6.07) is 2.70. The molecule has 0 saturated carbocycles. The minimum atomic E-state index is -3.55. The molecule has 7 heteroatoms. The zero-order valence-electron chi connectivity index (χ0n) is 8.38. The minimum Gasteiger partial charge on any atom is -0.392 e. The van der Waals surface area contributed by atoms with Crippen LogP contribution in [0.25, 0.3) is 0 Å². The van der Waals surface area contributed by atoms with Gasteiger partial charge in [0.2, 0.25) is 10.0 Å². The standard InChI is InChI=1S/C9H11ClN2O3S/c10-9-5-8(1-3-11-9)16(14,15)12-4-2-7(13)6-12/h1,3,5,7,13H,2,4,6H2/t7-/m0/s1. The van der Waals surface area contributed by atoms with Crippen molar-refractivity contribution in [3.63, 3.8) is 0 Å². The Bertz CT molecular complexity index is 491. The lowest BCUT2D eigenvalue weighted by Crippen LogP contribution is -2.29. The number of aliphatic hydroxyl groups excluding tert-OH is 1. The fourth-order valence-electron chi connectivity index (χ4n) is 1.62. The van der Waals surface area contributed by atoms with Gasteiger partial charge in [-0.25, -0.2) is 13.4 Å². The van der Waals surface area contributed by atoms with E-state index in [1.54, 1.807) is 0 Å². The maximum absolute atomic E-state index is 12.1. The molecule has 1 atom stereocenters. The van der Waals surface area contributed by atoms with Crippen LogP contribution in [-0.2, 0) is 10.0 Å². The summed E-state index contributed by atoms with van der Waals surface area (Å²) in [5.41, 5.74) is 0. The molecular weight excluding hydrogens is 252 g/mol. The molecule has 1 aromatic heterocycles. The minimum absolute atomic E-state index is 0.113. The van der Waals surface area contributed by atoms with Crippen LogP contribution in [0.15, 0.2) is 23.2 Å². The Hall–Kier alpha value is -0.690. The van der Waals surface area contributed by atoms with E-state index >= 15 is 0 Å². The number of sulfonamides is 1. The van der Waals surface area contributed by atoms with Gasteiger partial charge >= 0.3 is 0 Å². The zero-order chi connectivity index (χ0) is 11.8. The number of halogens is 1. The second-order valence-electron chi connectivity index (χ2n) is 3.62. The van der Waals surface area contributed by atoms with Gasteiger partial charge in [0.05, 0.1) is 11.0 Å². The first-order chi connectivity index (χ1) is 7.50. The molecule has 1 aromatic rings. The molecule has 1 N–H and O–H groups in total. The number of hydrogen-bond donors (Lipinski definition) is 1. The molecule has 0 unspecified atom stereocenters. The lowest BCUT2D eigenvalue weighted by molar-refractivity contribution is 0.189. The Kier molecular flexibility index (Phi) is 3.16. The zero-order valence-corrected chi connectivity index (χ0v) is 9.95. The number of β-amino-alcohol motifs (C(OH)–C–C–N with tert-alkyl or cyclic N) is 1. The second-order valence-corrected chi connectivity index (χ2v) is 5.95. The van der Waals surface area contributed by atoms with Crippen LogP contribution in [0.2, 0.25) is 5.15 Å². The van der Waals surface area contributed by atoms with Gasteiger partial charge in [-0.15, -0.1) is 0 Å². The molecule has 2 rings (SSSR count). The van der Waals surface area contributed by atoms with Crippen molar-refractivity contribution in [2.24, 2.45) is 0 Å². The smallest absolute Gasteiger partial charge is 0.243 e. The van der Waals surface area contributed by atoms with Crippen molar-refractivity contribution in [2.75, 3.05) is 13.1 Å². The molecule has 0 spiro atoms. The SMILES string of the molecule is O=S(=O)(c1ccnc(Cl)c1)N1CC[C@H](O)C1. The van der Waals surface area contributed by atoms with Crippen molar-refractivity contribution in [3.8, 4) is 0 Å². The van der Waals surface area contributed by atoms with E-state index in [1.165, 1.54) is 22.6 Å². The molecular formula is C9H11ClN2O3S. The van der Waals surface area contributed by atoms with Gasteiger partial charge in [0.1, 0.15) is 5.15 Å². The predicted molar refractivity (Wildman–Crippen MR) is 58.6 cm³/mol. The first kappa shape index (κ1) is 11.8. The Morgan fingerprint density at radius 1 is 1.56 bits per heavy atom. The number of aliphatic hydroxyl groups is 1. The second kappa shape index (κ2) is 4.29. The van der Waals surface area contributed by atoms with E-state index in [4.69, 9.17) is 11.6 Å². The molecule has 1 aliphatic rings. The van der Waals surface area contributed by atoms with Crippen LogP contribution in [0, 0.1) is 0 Å². The van der Waals surface area contributed by atoms with Gasteiger partial charge in [-0.05, 0) is 18.6 Å². The normalized spacial score (nSPS) is 22.5. The Labute approximate surface area is 98.7 Å². The molecule has 1 aliphatic heterocycles. The van der Waals surface area contributed by atoms with Gasteiger partial charge in [-0.1, -0.05) is 11.6 Å². The van der Waals surface area contributed by atoms with E-state index in [2.05, 4.69) is 4.98 Å². The summed E-state index contributed by atoms with van der Waals surface area (Å²) >= 11 is 5.64. The van der Waals surface area contributed by atoms with Crippen molar-refractivity contribution in [3.05, 3.63) is 23.5 Å². The van der Waals surface area contributed by atoms with E-state index in [-0.39, 0.29) is 16.6 Å². The fourth-order valence-corrected chi connectivity index (χ4v) is 3.37. The first-order valence-electron chi connectivity index (χ1n) is 4.80. The molecule has 0 aliphatic carbocycles. The van der Waals surface area contributed by atoms with Crippen molar-refractivity contribution in [1.82, 2.24) is 9.29 Å². The molecule has 1 saturated heterocycles. The predicted octanol–water partition coefficient (Wildman–Crippen LogP) is 0.490. The summed E-state index contributed by atoms with van der Waals surface area (Å²) in [5, 5.41) is 9.46.